The lowest BCUT2D eigenvalue weighted by Crippen LogP contribution is -2.48. The summed E-state index contributed by atoms with van der Waals surface area (Å²) in [5, 5.41) is 7.69. The lowest BCUT2D eigenvalue weighted by Gasteiger charge is -2.40. The maximum Gasteiger partial charge on any atom is 0.253 e. The molecule has 1 aliphatic heterocycles. The number of carbonyl (C=O) groups is 1. The Morgan fingerprint density at radius 1 is 1.18 bits per heavy atom. The second-order valence-electron chi connectivity index (χ2n) is 7.82. The molecule has 28 heavy (non-hydrogen) atoms. The number of fused-ring (bicyclic) bond motifs is 2. The van der Waals surface area contributed by atoms with Crippen molar-refractivity contribution in [1.29, 1.82) is 0 Å². The summed E-state index contributed by atoms with van der Waals surface area (Å²) in [6, 6.07) is 7.64. The first kappa shape index (κ1) is 17.0. The highest BCUT2D eigenvalue weighted by molar-refractivity contribution is 5.95. The van der Waals surface area contributed by atoms with E-state index in [1.54, 1.807) is 17.2 Å². The Morgan fingerprint density at radius 3 is 2.89 bits per heavy atom. The van der Waals surface area contributed by atoms with Crippen molar-refractivity contribution in [2.24, 2.45) is 0 Å². The van der Waals surface area contributed by atoms with Gasteiger partial charge in [-0.15, -0.1) is 10.2 Å². The fourth-order valence-corrected chi connectivity index (χ4v) is 4.65. The van der Waals surface area contributed by atoms with Gasteiger partial charge in [0.1, 0.15) is 18.5 Å². The summed E-state index contributed by atoms with van der Waals surface area (Å²) in [5.74, 6) is 0.887. The van der Waals surface area contributed by atoms with Crippen molar-refractivity contribution in [3.05, 3.63) is 65.8 Å². The van der Waals surface area contributed by atoms with Crippen LogP contribution in [-0.4, -0.2) is 48.6 Å². The molecule has 142 valence electrons. The van der Waals surface area contributed by atoms with E-state index in [4.69, 9.17) is 4.98 Å². The summed E-state index contributed by atoms with van der Waals surface area (Å²) in [6.07, 6.45) is 9.37. The Kier molecular flexibility index (Phi) is 3.96. The normalized spacial score (nSPS) is 21.1. The highest BCUT2D eigenvalue weighted by atomic mass is 16.2. The van der Waals surface area contributed by atoms with Crippen molar-refractivity contribution in [2.45, 2.75) is 38.0 Å². The maximum absolute atomic E-state index is 13.3. The van der Waals surface area contributed by atoms with Gasteiger partial charge in [0.25, 0.3) is 5.91 Å². The molecule has 1 aliphatic carbocycles. The highest BCUT2D eigenvalue weighted by Gasteiger charge is 2.44. The molecule has 0 radical (unpaired) electrons. The fraction of sp³-hybridized carbons (Fsp3) is 0.381. The van der Waals surface area contributed by atoms with Gasteiger partial charge in [-0.1, -0.05) is 6.07 Å². The molecule has 1 fully saturated rings. The van der Waals surface area contributed by atoms with Crippen molar-refractivity contribution >= 4 is 5.91 Å². The number of amides is 1. The predicted octanol–water partition coefficient (Wildman–Crippen LogP) is 2.49. The van der Waals surface area contributed by atoms with Crippen LogP contribution in [0, 0.1) is 6.92 Å². The Balaban J connectivity index is 1.43. The van der Waals surface area contributed by atoms with E-state index in [9.17, 15) is 4.79 Å². The number of carbonyl (C=O) groups excluding carboxylic acids is 1. The zero-order chi connectivity index (χ0) is 19.1. The predicted molar refractivity (Wildman–Crippen MR) is 103 cm³/mol. The summed E-state index contributed by atoms with van der Waals surface area (Å²) in [7, 11) is 0. The number of aryl methyl sites for hydroxylation is 2. The zero-order valence-corrected chi connectivity index (χ0v) is 15.9. The molecular formula is C21H22N6O. The van der Waals surface area contributed by atoms with E-state index >= 15 is 0 Å². The third-order valence-electron chi connectivity index (χ3n) is 6.03. The van der Waals surface area contributed by atoms with Crippen LogP contribution in [0.1, 0.15) is 46.7 Å². The molecule has 7 heteroatoms. The Bertz CT molecular complexity index is 1030. The monoisotopic (exact) mass is 374 g/mol. The minimum absolute atomic E-state index is 0.0250. The first-order valence-corrected chi connectivity index (χ1v) is 9.72. The van der Waals surface area contributed by atoms with Crippen molar-refractivity contribution in [3.8, 4) is 5.69 Å². The van der Waals surface area contributed by atoms with E-state index in [1.165, 1.54) is 5.56 Å². The van der Waals surface area contributed by atoms with Crippen LogP contribution in [-0.2, 0) is 11.8 Å². The molecule has 3 aromatic rings. The third-order valence-corrected chi connectivity index (χ3v) is 6.03. The van der Waals surface area contributed by atoms with Crippen molar-refractivity contribution in [2.75, 3.05) is 13.1 Å². The van der Waals surface area contributed by atoms with Crippen molar-refractivity contribution < 1.29 is 4.79 Å². The number of piperidine rings is 1. The van der Waals surface area contributed by atoms with E-state index in [1.807, 2.05) is 42.3 Å². The first-order chi connectivity index (χ1) is 13.6. The number of likely N-dealkylation sites (tertiary alicyclic amines) is 1. The second kappa shape index (κ2) is 6.51. The number of hydrogen-bond acceptors (Lipinski definition) is 5. The Hall–Kier alpha value is -3.09. The molecule has 2 aromatic heterocycles. The van der Waals surface area contributed by atoms with Crippen LogP contribution in [0.5, 0.6) is 0 Å². The molecule has 5 rings (SSSR count). The van der Waals surface area contributed by atoms with Gasteiger partial charge in [0.05, 0.1) is 5.69 Å². The van der Waals surface area contributed by atoms with Gasteiger partial charge in [-0.2, -0.15) is 0 Å². The van der Waals surface area contributed by atoms with Gasteiger partial charge in [-0.3, -0.25) is 9.36 Å². The summed E-state index contributed by atoms with van der Waals surface area (Å²) in [4.78, 5) is 24.4. The van der Waals surface area contributed by atoms with Crippen LogP contribution in [0.3, 0.4) is 0 Å². The van der Waals surface area contributed by atoms with Crippen LogP contribution < -0.4 is 0 Å². The van der Waals surface area contributed by atoms with E-state index < -0.39 is 0 Å². The quantitative estimate of drug-likeness (QED) is 0.689. The Labute approximate surface area is 163 Å². The van der Waals surface area contributed by atoms with Crippen molar-refractivity contribution in [3.63, 3.8) is 0 Å². The van der Waals surface area contributed by atoms with E-state index in [0.717, 1.165) is 56.0 Å². The van der Waals surface area contributed by atoms with Crippen LogP contribution in [0.25, 0.3) is 5.69 Å². The average Bonchev–Trinajstić information content (AvgIpc) is 3.37. The molecule has 0 bridgehead atoms. The summed E-state index contributed by atoms with van der Waals surface area (Å²) >= 11 is 0. The maximum atomic E-state index is 13.3. The molecule has 0 saturated carbocycles. The molecule has 1 atom stereocenters. The minimum atomic E-state index is -0.0250. The number of aromatic nitrogens is 5. The average molecular weight is 374 g/mol. The molecule has 1 amide bonds. The summed E-state index contributed by atoms with van der Waals surface area (Å²) in [5.41, 5.74) is 3.96. The van der Waals surface area contributed by atoms with Crippen molar-refractivity contribution in [1.82, 2.24) is 29.6 Å². The Morgan fingerprint density at radius 2 is 2.04 bits per heavy atom. The number of rotatable bonds is 2. The highest BCUT2D eigenvalue weighted by Crippen LogP contribution is 2.44. The van der Waals surface area contributed by atoms with Gasteiger partial charge < -0.3 is 4.90 Å². The van der Waals surface area contributed by atoms with Gasteiger partial charge in [-0.05, 0) is 56.4 Å². The molecule has 3 heterocycles. The van der Waals surface area contributed by atoms with Gasteiger partial charge >= 0.3 is 0 Å². The smallest absolute Gasteiger partial charge is 0.253 e. The molecule has 1 saturated heterocycles. The van der Waals surface area contributed by atoms with Crippen LogP contribution in [0.2, 0.25) is 0 Å². The molecule has 0 N–H and O–H groups in total. The summed E-state index contributed by atoms with van der Waals surface area (Å²) < 4.78 is 1.81. The SMILES string of the molecule is Cc1ncc2c(n1)C1(CCCN(C(=O)c3cccc(-n4cnnc4)c3)C1)CC2. The molecular weight excluding hydrogens is 352 g/mol. The van der Waals surface area contributed by atoms with Gasteiger partial charge in [0.15, 0.2) is 0 Å². The number of hydrogen-bond donors (Lipinski definition) is 0. The topological polar surface area (TPSA) is 76.8 Å². The van der Waals surface area contributed by atoms with Gasteiger partial charge in [0, 0.05) is 36.0 Å². The second-order valence-corrected chi connectivity index (χ2v) is 7.82. The molecule has 1 spiro atoms. The number of nitrogens with zero attached hydrogens (tertiary/aromatic N) is 6. The standard InChI is InChI=1S/C21H22N6O/c1-15-22-11-17-6-8-21(19(17)25-15)7-3-9-26(12-21)20(28)16-4-2-5-18(10-16)27-13-23-24-14-27/h2,4-5,10-11,13-14H,3,6-9,12H2,1H3. The van der Waals surface area contributed by atoms with E-state index in [-0.39, 0.29) is 11.3 Å². The zero-order valence-electron chi connectivity index (χ0n) is 15.9. The summed E-state index contributed by atoms with van der Waals surface area (Å²) in [6.45, 7) is 3.46. The fourth-order valence-electron chi connectivity index (χ4n) is 4.65. The lowest BCUT2D eigenvalue weighted by molar-refractivity contribution is 0.0633. The molecule has 1 unspecified atom stereocenters. The number of benzene rings is 1. The van der Waals surface area contributed by atoms with E-state index in [2.05, 4.69) is 15.2 Å². The molecule has 7 nitrogen and oxygen atoms in total. The first-order valence-electron chi connectivity index (χ1n) is 9.72. The van der Waals surface area contributed by atoms with Crippen LogP contribution in [0.4, 0.5) is 0 Å². The van der Waals surface area contributed by atoms with E-state index in [0.29, 0.717) is 5.56 Å². The lowest BCUT2D eigenvalue weighted by atomic mass is 9.77. The largest absolute Gasteiger partial charge is 0.338 e. The molecule has 2 aliphatic rings. The van der Waals surface area contributed by atoms with Gasteiger partial charge in [0.2, 0.25) is 0 Å². The minimum Gasteiger partial charge on any atom is -0.338 e. The third kappa shape index (κ3) is 2.78. The van der Waals surface area contributed by atoms with Gasteiger partial charge in [-0.25, -0.2) is 9.97 Å². The van der Waals surface area contributed by atoms with Crippen LogP contribution >= 0.6 is 0 Å². The van der Waals surface area contributed by atoms with Crippen LogP contribution in [0.15, 0.2) is 43.1 Å². The molecule has 1 aromatic carbocycles.